The molecule has 1 atom stereocenters. The van der Waals surface area contributed by atoms with Crippen molar-refractivity contribution in [2.75, 3.05) is 19.6 Å². The first-order valence-corrected chi connectivity index (χ1v) is 6.72. The lowest BCUT2D eigenvalue weighted by molar-refractivity contribution is 0.504. The van der Waals surface area contributed by atoms with Crippen LogP contribution < -0.4 is 10.6 Å². The van der Waals surface area contributed by atoms with Crippen molar-refractivity contribution in [3.8, 4) is 0 Å². The second-order valence-electron chi connectivity index (χ2n) is 4.79. The molecule has 2 N–H and O–H groups in total. The van der Waals surface area contributed by atoms with E-state index in [0.29, 0.717) is 6.04 Å². The average Bonchev–Trinajstić information content (AvgIpc) is 2.32. The van der Waals surface area contributed by atoms with Crippen molar-refractivity contribution in [2.24, 2.45) is 0 Å². The van der Waals surface area contributed by atoms with Crippen LogP contribution in [0.15, 0.2) is 24.3 Å². The Morgan fingerprint density at radius 2 is 1.82 bits per heavy atom. The molecule has 0 amide bonds. The van der Waals surface area contributed by atoms with Crippen molar-refractivity contribution in [1.29, 1.82) is 0 Å². The summed E-state index contributed by atoms with van der Waals surface area (Å²) in [7, 11) is 0. The van der Waals surface area contributed by atoms with Crippen LogP contribution in [0.4, 0.5) is 0 Å². The summed E-state index contributed by atoms with van der Waals surface area (Å²) in [6, 6.07) is 9.35. The summed E-state index contributed by atoms with van der Waals surface area (Å²) in [6.45, 7) is 9.79. The van der Waals surface area contributed by atoms with Gasteiger partial charge in [0.05, 0.1) is 0 Å². The third-order valence-electron chi connectivity index (χ3n) is 2.90. The molecule has 1 rings (SSSR count). The fourth-order valence-electron chi connectivity index (χ4n) is 1.79. The number of hydrogen-bond donors (Lipinski definition) is 2. The van der Waals surface area contributed by atoms with Gasteiger partial charge in [0.2, 0.25) is 0 Å². The molecule has 17 heavy (non-hydrogen) atoms. The third kappa shape index (κ3) is 6.44. The summed E-state index contributed by atoms with van der Waals surface area (Å²) in [4.78, 5) is 0. The van der Waals surface area contributed by atoms with E-state index in [1.54, 1.807) is 0 Å². The molecule has 0 aliphatic carbocycles. The summed E-state index contributed by atoms with van der Waals surface area (Å²) in [5.41, 5.74) is 2.75. The lowest BCUT2D eigenvalue weighted by atomic mass is 10.1. The smallest absolute Gasteiger partial charge is 0.0164 e. The average molecular weight is 234 g/mol. The zero-order valence-corrected chi connectivity index (χ0v) is 11.4. The Bertz CT molecular complexity index is 292. The van der Waals surface area contributed by atoms with E-state index < -0.39 is 0 Å². The molecule has 0 fully saturated rings. The minimum atomic E-state index is 0.548. The van der Waals surface area contributed by atoms with Crippen LogP contribution in [0.1, 0.15) is 31.4 Å². The van der Waals surface area contributed by atoms with Gasteiger partial charge in [0, 0.05) is 12.6 Å². The van der Waals surface area contributed by atoms with Crippen LogP contribution in [-0.4, -0.2) is 25.7 Å². The number of nitrogens with one attached hydrogen (secondary N) is 2. The highest BCUT2D eigenvalue weighted by Crippen LogP contribution is 2.03. The Morgan fingerprint density at radius 1 is 1.12 bits per heavy atom. The van der Waals surface area contributed by atoms with E-state index in [1.165, 1.54) is 17.5 Å². The SMILES string of the molecule is CCCNCC(C)NCCc1ccc(C)cc1. The predicted molar refractivity (Wildman–Crippen MR) is 75.5 cm³/mol. The molecule has 0 aliphatic rings. The molecule has 2 heteroatoms. The molecule has 96 valence electrons. The molecule has 2 nitrogen and oxygen atoms in total. The molecule has 0 heterocycles. The highest BCUT2D eigenvalue weighted by molar-refractivity contribution is 5.21. The summed E-state index contributed by atoms with van der Waals surface area (Å²) in [6.07, 6.45) is 2.31. The van der Waals surface area contributed by atoms with Crippen molar-refractivity contribution in [3.05, 3.63) is 35.4 Å². The molecule has 0 aromatic heterocycles. The van der Waals surface area contributed by atoms with Gasteiger partial charge in [-0.25, -0.2) is 0 Å². The van der Waals surface area contributed by atoms with Crippen LogP contribution in [0.25, 0.3) is 0 Å². The molecule has 0 saturated carbocycles. The van der Waals surface area contributed by atoms with Crippen LogP contribution in [0.2, 0.25) is 0 Å². The van der Waals surface area contributed by atoms with Crippen molar-refractivity contribution in [2.45, 2.75) is 39.7 Å². The number of benzene rings is 1. The zero-order valence-electron chi connectivity index (χ0n) is 11.4. The number of rotatable bonds is 8. The van der Waals surface area contributed by atoms with E-state index in [4.69, 9.17) is 0 Å². The Labute approximate surface area is 106 Å². The van der Waals surface area contributed by atoms with Crippen molar-refractivity contribution in [3.63, 3.8) is 0 Å². The van der Waals surface area contributed by atoms with E-state index in [2.05, 4.69) is 55.7 Å². The first kappa shape index (κ1) is 14.2. The summed E-state index contributed by atoms with van der Waals surface area (Å²) < 4.78 is 0. The first-order valence-electron chi connectivity index (χ1n) is 6.72. The monoisotopic (exact) mass is 234 g/mol. The van der Waals surface area contributed by atoms with Gasteiger partial charge in [-0.05, 0) is 45.3 Å². The highest BCUT2D eigenvalue weighted by atomic mass is 15.0. The molecule has 0 bridgehead atoms. The second-order valence-corrected chi connectivity index (χ2v) is 4.79. The Morgan fingerprint density at radius 3 is 2.47 bits per heavy atom. The largest absolute Gasteiger partial charge is 0.315 e. The summed E-state index contributed by atoms with van der Waals surface area (Å²) in [5, 5.41) is 6.97. The van der Waals surface area contributed by atoms with Gasteiger partial charge in [0.25, 0.3) is 0 Å². The van der Waals surface area contributed by atoms with Crippen LogP contribution >= 0.6 is 0 Å². The molecule has 0 spiro atoms. The van der Waals surface area contributed by atoms with Gasteiger partial charge in [-0.15, -0.1) is 0 Å². The third-order valence-corrected chi connectivity index (χ3v) is 2.90. The molecule has 1 aromatic rings. The maximum absolute atomic E-state index is 3.54. The molecule has 0 saturated heterocycles. The minimum absolute atomic E-state index is 0.548. The van der Waals surface area contributed by atoms with Gasteiger partial charge in [-0.2, -0.15) is 0 Å². The number of hydrogen-bond acceptors (Lipinski definition) is 2. The number of aryl methyl sites for hydroxylation is 1. The lowest BCUT2D eigenvalue weighted by Gasteiger charge is -2.14. The van der Waals surface area contributed by atoms with Gasteiger partial charge >= 0.3 is 0 Å². The normalized spacial score (nSPS) is 12.6. The van der Waals surface area contributed by atoms with Crippen LogP contribution in [0.3, 0.4) is 0 Å². The van der Waals surface area contributed by atoms with Gasteiger partial charge in [-0.1, -0.05) is 36.8 Å². The van der Waals surface area contributed by atoms with E-state index in [9.17, 15) is 0 Å². The first-order chi connectivity index (χ1) is 8.22. The van der Waals surface area contributed by atoms with Gasteiger partial charge < -0.3 is 10.6 Å². The lowest BCUT2D eigenvalue weighted by Crippen LogP contribution is -2.37. The summed E-state index contributed by atoms with van der Waals surface area (Å²) >= 11 is 0. The standard InChI is InChI=1S/C15H26N2/c1-4-10-16-12-14(3)17-11-9-15-7-5-13(2)6-8-15/h5-8,14,16-17H,4,9-12H2,1-3H3. The Hall–Kier alpha value is -0.860. The molecular formula is C15H26N2. The Balaban J connectivity index is 2.12. The predicted octanol–water partition coefficient (Wildman–Crippen LogP) is 2.52. The molecule has 0 radical (unpaired) electrons. The fraction of sp³-hybridized carbons (Fsp3) is 0.600. The van der Waals surface area contributed by atoms with Gasteiger partial charge in [0.1, 0.15) is 0 Å². The second kappa shape index (κ2) is 8.26. The molecule has 1 aromatic carbocycles. The molecular weight excluding hydrogens is 208 g/mol. The topological polar surface area (TPSA) is 24.1 Å². The quantitative estimate of drug-likeness (QED) is 0.675. The van der Waals surface area contributed by atoms with E-state index in [1.807, 2.05) is 0 Å². The Kier molecular flexibility index (Phi) is 6.90. The molecule has 1 unspecified atom stereocenters. The van der Waals surface area contributed by atoms with Crippen LogP contribution in [0, 0.1) is 6.92 Å². The van der Waals surface area contributed by atoms with E-state index in [-0.39, 0.29) is 0 Å². The van der Waals surface area contributed by atoms with Crippen LogP contribution in [0.5, 0.6) is 0 Å². The van der Waals surface area contributed by atoms with E-state index >= 15 is 0 Å². The summed E-state index contributed by atoms with van der Waals surface area (Å²) in [5.74, 6) is 0. The highest BCUT2D eigenvalue weighted by Gasteiger charge is 1.99. The fourth-order valence-corrected chi connectivity index (χ4v) is 1.79. The van der Waals surface area contributed by atoms with Crippen molar-refractivity contribution >= 4 is 0 Å². The van der Waals surface area contributed by atoms with Gasteiger partial charge in [0.15, 0.2) is 0 Å². The maximum atomic E-state index is 3.54. The van der Waals surface area contributed by atoms with Crippen molar-refractivity contribution < 1.29 is 0 Å². The van der Waals surface area contributed by atoms with Crippen molar-refractivity contribution in [1.82, 2.24) is 10.6 Å². The maximum Gasteiger partial charge on any atom is 0.0164 e. The minimum Gasteiger partial charge on any atom is -0.315 e. The van der Waals surface area contributed by atoms with Crippen LogP contribution in [-0.2, 0) is 6.42 Å². The van der Waals surface area contributed by atoms with E-state index in [0.717, 1.165) is 26.1 Å². The zero-order chi connectivity index (χ0) is 12.5. The molecule has 0 aliphatic heterocycles. The van der Waals surface area contributed by atoms with Gasteiger partial charge in [-0.3, -0.25) is 0 Å².